The zero-order valence-electron chi connectivity index (χ0n) is 16.6. The second-order valence-electron chi connectivity index (χ2n) is 7.77. The van der Waals surface area contributed by atoms with Crippen molar-refractivity contribution in [1.82, 2.24) is 9.97 Å². The highest BCUT2D eigenvalue weighted by molar-refractivity contribution is 14.1. The summed E-state index contributed by atoms with van der Waals surface area (Å²) in [6.45, 7) is 1.84. The van der Waals surface area contributed by atoms with E-state index in [1.165, 1.54) is 12.3 Å². The van der Waals surface area contributed by atoms with Crippen molar-refractivity contribution >= 4 is 55.7 Å². The van der Waals surface area contributed by atoms with Gasteiger partial charge in [-0.05, 0) is 73.4 Å². The average molecular weight is 545 g/mol. The molecule has 1 fully saturated rings. The second-order valence-corrected chi connectivity index (χ2v) is 10.9. The molecule has 1 saturated carbocycles. The van der Waals surface area contributed by atoms with Gasteiger partial charge in [0, 0.05) is 21.6 Å². The highest BCUT2D eigenvalue weighted by Gasteiger charge is 2.29. The number of aromatic nitrogens is 2. The molecule has 0 atom stereocenters. The number of hydrogen-bond donors (Lipinski definition) is 4. The number of nitrogens with one attached hydrogen (secondary N) is 2. The van der Waals surface area contributed by atoms with Gasteiger partial charge in [0.25, 0.3) is 5.91 Å². The Morgan fingerprint density at radius 3 is 2.57 bits per heavy atom. The van der Waals surface area contributed by atoms with Crippen molar-refractivity contribution in [3.63, 3.8) is 0 Å². The normalized spacial score (nSPS) is 21.8. The van der Waals surface area contributed by atoms with Crippen LogP contribution < -0.4 is 16.4 Å². The molecule has 0 unspecified atom stereocenters. The summed E-state index contributed by atoms with van der Waals surface area (Å²) in [6, 6.07) is 4.87. The van der Waals surface area contributed by atoms with E-state index in [0.29, 0.717) is 27.9 Å². The van der Waals surface area contributed by atoms with Crippen LogP contribution in [0.4, 0.5) is 17.3 Å². The summed E-state index contributed by atoms with van der Waals surface area (Å²) in [4.78, 5) is 20.6. The first-order valence-electron chi connectivity index (χ1n) is 9.37. The molecule has 0 aliphatic heterocycles. The number of aliphatic hydroxyl groups is 1. The Morgan fingerprint density at radius 2 is 2.00 bits per heavy atom. The molecule has 1 amide bonds. The van der Waals surface area contributed by atoms with Crippen molar-refractivity contribution in [2.75, 3.05) is 16.9 Å². The number of anilines is 3. The lowest BCUT2D eigenvalue weighted by Gasteiger charge is -2.33. The molecule has 5 N–H and O–H groups in total. The van der Waals surface area contributed by atoms with Gasteiger partial charge in [0.05, 0.1) is 16.7 Å². The molecule has 0 bridgehead atoms. The van der Waals surface area contributed by atoms with Gasteiger partial charge in [0.1, 0.15) is 5.82 Å². The van der Waals surface area contributed by atoms with E-state index < -0.39 is 21.3 Å². The summed E-state index contributed by atoms with van der Waals surface area (Å²) in [5.41, 5.74) is 5.33. The fourth-order valence-corrected chi connectivity index (χ4v) is 5.78. The van der Waals surface area contributed by atoms with Crippen LogP contribution in [-0.4, -0.2) is 47.3 Å². The average Bonchev–Trinajstić information content (AvgIpc) is 2.62. The third kappa shape index (κ3) is 5.58. The molecule has 0 radical (unpaired) electrons. The van der Waals surface area contributed by atoms with Gasteiger partial charge in [-0.2, -0.15) is 0 Å². The monoisotopic (exact) mass is 545 g/mol. The summed E-state index contributed by atoms with van der Waals surface area (Å²) < 4.78 is 24.2. The number of carbonyl (C=O) groups excluding carboxylic acids is 1. The number of primary amides is 1. The zero-order valence-corrected chi connectivity index (χ0v) is 19.6. The number of nitrogens with two attached hydrogens (primary N) is 1. The van der Waals surface area contributed by atoms with Gasteiger partial charge in [0.2, 0.25) is 0 Å². The Bertz CT molecular complexity index is 1060. The summed E-state index contributed by atoms with van der Waals surface area (Å²) in [7, 11) is -3.34. The maximum absolute atomic E-state index is 11.8. The quantitative estimate of drug-likeness (QED) is 0.405. The fourth-order valence-electron chi connectivity index (χ4n) is 3.34. The molecule has 30 heavy (non-hydrogen) atoms. The summed E-state index contributed by atoms with van der Waals surface area (Å²) in [5, 5.41) is 16.4. The van der Waals surface area contributed by atoms with E-state index in [9.17, 15) is 18.3 Å². The van der Waals surface area contributed by atoms with Crippen LogP contribution in [0.1, 0.15) is 43.1 Å². The van der Waals surface area contributed by atoms with Crippen LogP contribution in [-0.2, 0) is 9.84 Å². The van der Waals surface area contributed by atoms with E-state index in [1.54, 1.807) is 12.1 Å². The van der Waals surface area contributed by atoms with Gasteiger partial charge < -0.3 is 21.5 Å². The molecule has 3 rings (SSSR count). The minimum absolute atomic E-state index is 0.0191. The fraction of sp³-hybridized carbons (Fsp3) is 0.421. The first-order chi connectivity index (χ1) is 13.9. The summed E-state index contributed by atoms with van der Waals surface area (Å²) >= 11 is 1.94. The maximum Gasteiger partial charge on any atom is 0.271 e. The van der Waals surface area contributed by atoms with Gasteiger partial charge in [-0.15, -0.1) is 0 Å². The topological polar surface area (TPSA) is 147 Å². The number of nitrogens with zero attached hydrogens (tertiary/aromatic N) is 2. The number of amides is 1. The largest absolute Gasteiger partial charge is 0.390 e. The highest BCUT2D eigenvalue weighted by atomic mass is 127. The Hall–Kier alpha value is -1.99. The molecule has 0 spiro atoms. The maximum atomic E-state index is 11.8. The van der Waals surface area contributed by atoms with Crippen molar-refractivity contribution in [3.05, 3.63) is 33.7 Å². The van der Waals surface area contributed by atoms with Crippen molar-refractivity contribution in [2.45, 2.75) is 49.1 Å². The second kappa shape index (κ2) is 8.63. The molecular formula is C19H24IN5O4S. The molecule has 1 aliphatic rings. The first-order valence-corrected chi connectivity index (χ1v) is 12.3. The van der Waals surface area contributed by atoms with E-state index in [0.717, 1.165) is 19.1 Å². The SMILES string of the molecule is CS(=O)(=O)c1ccc(Nc2nc(N[C@H]3CC[C@](C)(O)CC3)cnc2C(N)=O)cc1I. The minimum Gasteiger partial charge on any atom is -0.390 e. The Kier molecular flexibility index (Phi) is 6.53. The van der Waals surface area contributed by atoms with Crippen molar-refractivity contribution in [2.24, 2.45) is 5.73 Å². The standard InChI is InChI=1S/C19H24IN5O4S/c1-19(27)7-5-11(6-8-19)23-15-10-22-16(17(21)26)18(25-15)24-12-3-4-14(13(20)9-12)30(2,28)29/h3-4,9-11,27H,5-8H2,1-2H3,(H2,21,26)(H2,23,24,25)/t11-,19-. The third-order valence-corrected chi connectivity index (χ3v) is 7.43. The van der Waals surface area contributed by atoms with Crippen LogP contribution in [0.5, 0.6) is 0 Å². The predicted octanol–water partition coefficient (Wildman–Crippen LogP) is 2.43. The number of hydrogen-bond acceptors (Lipinski definition) is 8. The van der Waals surface area contributed by atoms with Crippen LogP contribution in [0, 0.1) is 3.57 Å². The Morgan fingerprint density at radius 1 is 1.33 bits per heavy atom. The molecule has 0 saturated heterocycles. The highest BCUT2D eigenvalue weighted by Crippen LogP contribution is 2.30. The Labute approximate surface area is 188 Å². The van der Waals surface area contributed by atoms with E-state index in [2.05, 4.69) is 20.6 Å². The van der Waals surface area contributed by atoms with Crippen molar-refractivity contribution < 1.29 is 18.3 Å². The lowest BCUT2D eigenvalue weighted by atomic mass is 9.84. The molecule has 1 aromatic heterocycles. The van der Waals surface area contributed by atoms with Gasteiger partial charge in [0.15, 0.2) is 21.3 Å². The number of sulfone groups is 1. The van der Waals surface area contributed by atoms with Crippen LogP contribution in [0.25, 0.3) is 0 Å². The van der Waals surface area contributed by atoms with Crippen LogP contribution in [0.3, 0.4) is 0 Å². The molecule has 11 heteroatoms. The third-order valence-electron chi connectivity index (χ3n) is 5.01. The van der Waals surface area contributed by atoms with Crippen LogP contribution >= 0.6 is 22.6 Å². The summed E-state index contributed by atoms with van der Waals surface area (Å²) in [6.07, 6.45) is 5.56. The van der Waals surface area contributed by atoms with Gasteiger partial charge in [-0.1, -0.05) is 0 Å². The first kappa shape index (κ1) is 22.7. The molecule has 9 nitrogen and oxygen atoms in total. The summed E-state index contributed by atoms with van der Waals surface area (Å²) in [5.74, 6) is -0.0672. The molecule has 1 aliphatic carbocycles. The van der Waals surface area contributed by atoms with E-state index in [-0.39, 0.29) is 22.4 Å². The molecule has 1 aromatic carbocycles. The van der Waals surface area contributed by atoms with E-state index in [4.69, 9.17) is 5.73 Å². The number of carbonyl (C=O) groups is 1. The predicted molar refractivity (Wildman–Crippen MR) is 123 cm³/mol. The smallest absolute Gasteiger partial charge is 0.271 e. The molecule has 162 valence electrons. The lowest BCUT2D eigenvalue weighted by molar-refractivity contribution is 0.0196. The number of rotatable bonds is 6. The molecule has 2 aromatic rings. The van der Waals surface area contributed by atoms with Crippen LogP contribution in [0.15, 0.2) is 29.3 Å². The van der Waals surface area contributed by atoms with Crippen molar-refractivity contribution in [1.29, 1.82) is 0 Å². The van der Waals surface area contributed by atoms with Gasteiger partial charge in [-0.3, -0.25) is 4.79 Å². The zero-order chi connectivity index (χ0) is 22.1. The minimum atomic E-state index is -3.34. The van der Waals surface area contributed by atoms with E-state index in [1.807, 2.05) is 29.5 Å². The van der Waals surface area contributed by atoms with Crippen molar-refractivity contribution in [3.8, 4) is 0 Å². The van der Waals surface area contributed by atoms with E-state index >= 15 is 0 Å². The Balaban J connectivity index is 1.83. The molecule has 1 heterocycles. The van der Waals surface area contributed by atoms with Gasteiger partial charge in [-0.25, -0.2) is 18.4 Å². The van der Waals surface area contributed by atoms with Crippen LogP contribution in [0.2, 0.25) is 0 Å². The lowest BCUT2D eigenvalue weighted by Crippen LogP contribution is -2.36. The number of benzene rings is 1. The van der Waals surface area contributed by atoms with Gasteiger partial charge >= 0.3 is 0 Å². The molecular weight excluding hydrogens is 521 g/mol. The number of halogens is 1.